The van der Waals surface area contributed by atoms with E-state index in [1.807, 2.05) is 0 Å². The van der Waals surface area contributed by atoms with Gasteiger partial charge in [-0.1, -0.05) is 0 Å². The van der Waals surface area contributed by atoms with E-state index in [1.54, 1.807) is 18.3 Å². The normalized spacial score (nSPS) is 15.9. The number of hydrogen-bond donors (Lipinski definition) is 1. The fraction of sp³-hybridized carbons (Fsp3) is 0.571. The lowest BCUT2D eigenvalue weighted by atomic mass is 10.1. The first-order valence-corrected chi connectivity index (χ1v) is 6.68. The molecule has 1 fully saturated rings. The molecule has 5 nitrogen and oxygen atoms in total. The van der Waals surface area contributed by atoms with Crippen LogP contribution in [0.25, 0.3) is 0 Å². The third-order valence-corrected chi connectivity index (χ3v) is 3.06. The number of pyridine rings is 1. The summed E-state index contributed by atoms with van der Waals surface area (Å²) in [5.41, 5.74) is 0.577. The zero-order chi connectivity index (χ0) is 13.3. The summed E-state index contributed by atoms with van der Waals surface area (Å²) in [6.07, 6.45) is 4.91. The van der Waals surface area contributed by atoms with E-state index in [0.29, 0.717) is 17.5 Å². The quantitative estimate of drug-likeness (QED) is 0.793. The Labute approximate surface area is 113 Å². The first-order chi connectivity index (χ1) is 9.40. The highest BCUT2D eigenvalue weighted by atomic mass is 16.5. The van der Waals surface area contributed by atoms with Crippen molar-refractivity contribution in [1.29, 1.82) is 5.26 Å². The van der Waals surface area contributed by atoms with Gasteiger partial charge in [0.2, 0.25) is 0 Å². The minimum absolute atomic E-state index is 0.346. The second-order valence-corrected chi connectivity index (χ2v) is 4.47. The van der Waals surface area contributed by atoms with Crippen LogP contribution < -0.4 is 5.32 Å². The SMILES string of the molecule is N#Cc1cccnc1NCCCOC1CCOCC1. The highest BCUT2D eigenvalue weighted by Gasteiger charge is 2.13. The zero-order valence-electron chi connectivity index (χ0n) is 11.0. The van der Waals surface area contributed by atoms with Crippen molar-refractivity contribution in [3.05, 3.63) is 23.9 Å². The molecule has 0 amide bonds. The van der Waals surface area contributed by atoms with Gasteiger partial charge < -0.3 is 14.8 Å². The minimum Gasteiger partial charge on any atom is -0.381 e. The minimum atomic E-state index is 0.346. The Morgan fingerprint density at radius 1 is 1.47 bits per heavy atom. The molecule has 19 heavy (non-hydrogen) atoms. The number of rotatable bonds is 6. The van der Waals surface area contributed by atoms with Gasteiger partial charge in [-0.2, -0.15) is 5.26 Å². The average Bonchev–Trinajstić information content (AvgIpc) is 2.48. The van der Waals surface area contributed by atoms with E-state index in [0.717, 1.165) is 45.6 Å². The molecule has 0 spiro atoms. The van der Waals surface area contributed by atoms with Crippen molar-refractivity contribution < 1.29 is 9.47 Å². The van der Waals surface area contributed by atoms with Crippen molar-refractivity contribution in [2.45, 2.75) is 25.4 Å². The molecule has 1 saturated heterocycles. The van der Waals surface area contributed by atoms with Crippen LogP contribution in [0.3, 0.4) is 0 Å². The van der Waals surface area contributed by atoms with Gasteiger partial charge in [0.1, 0.15) is 11.9 Å². The topological polar surface area (TPSA) is 67.2 Å². The predicted octanol–water partition coefficient (Wildman–Crippen LogP) is 1.95. The van der Waals surface area contributed by atoms with Crippen molar-refractivity contribution in [2.75, 3.05) is 31.7 Å². The van der Waals surface area contributed by atoms with Crippen LogP contribution in [0, 0.1) is 11.3 Å². The maximum absolute atomic E-state index is 8.92. The van der Waals surface area contributed by atoms with Crippen LogP contribution in [0.5, 0.6) is 0 Å². The van der Waals surface area contributed by atoms with Gasteiger partial charge >= 0.3 is 0 Å². The molecular formula is C14H19N3O2. The van der Waals surface area contributed by atoms with Crippen molar-refractivity contribution in [3.63, 3.8) is 0 Å². The van der Waals surface area contributed by atoms with Crippen LogP contribution in [0.1, 0.15) is 24.8 Å². The van der Waals surface area contributed by atoms with E-state index < -0.39 is 0 Å². The first-order valence-electron chi connectivity index (χ1n) is 6.68. The van der Waals surface area contributed by atoms with Gasteiger partial charge in [-0.3, -0.25) is 0 Å². The molecule has 0 radical (unpaired) electrons. The van der Waals surface area contributed by atoms with Gasteiger partial charge in [-0.05, 0) is 31.4 Å². The van der Waals surface area contributed by atoms with E-state index in [-0.39, 0.29) is 0 Å². The van der Waals surface area contributed by atoms with Gasteiger partial charge in [-0.25, -0.2) is 4.98 Å². The molecule has 0 aliphatic carbocycles. The van der Waals surface area contributed by atoms with Crippen LogP contribution in [-0.2, 0) is 9.47 Å². The fourth-order valence-electron chi connectivity index (χ4n) is 2.01. The van der Waals surface area contributed by atoms with Gasteiger partial charge in [0.25, 0.3) is 0 Å². The maximum atomic E-state index is 8.92. The van der Waals surface area contributed by atoms with Gasteiger partial charge in [-0.15, -0.1) is 0 Å². The number of aromatic nitrogens is 1. The molecule has 102 valence electrons. The lowest BCUT2D eigenvalue weighted by Crippen LogP contribution is -2.24. The maximum Gasteiger partial charge on any atom is 0.143 e. The summed E-state index contributed by atoms with van der Waals surface area (Å²) in [6.45, 7) is 3.10. The summed E-state index contributed by atoms with van der Waals surface area (Å²) in [7, 11) is 0. The van der Waals surface area contributed by atoms with Crippen LogP contribution in [0.15, 0.2) is 18.3 Å². The summed E-state index contributed by atoms with van der Waals surface area (Å²) in [4.78, 5) is 4.15. The molecule has 2 rings (SSSR count). The van der Waals surface area contributed by atoms with Crippen LogP contribution >= 0.6 is 0 Å². The van der Waals surface area contributed by atoms with E-state index in [4.69, 9.17) is 14.7 Å². The Morgan fingerprint density at radius 2 is 2.32 bits per heavy atom. The molecule has 1 aromatic rings. The van der Waals surface area contributed by atoms with E-state index >= 15 is 0 Å². The molecule has 0 saturated carbocycles. The summed E-state index contributed by atoms with van der Waals surface area (Å²) in [5, 5.41) is 12.1. The Kier molecular flexibility index (Phi) is 5.60. The van der Waals surface area contributed by atoms with Crippen molar-refractivity contribution in [3.8, 4) is 6.07 Å². The van der Waals surface area contributed by atoms with E-state index in [9.17, 15) is 0 Å². The number of hydrogen-bond acceptors (Lipinski definition) is 5. The van der Waals surface area contributed by atoms with Crippen molar-refractivity contribution in [2.24, 2.45) is 0 Å². The lowest BCUT2D eigenvalue weighted by molar-refractivity contribution is -0.0316. The molecule has 0 aromatic carbocycles. The predicted molar refractivity (Wildman–Crippen MR) is 71.9 cm³/mol. The van der Waals surface area contributed by atoms with Crippen LogP contribution in [0.2, 0.25) is 0 Å². The Morgan fingerprint density at radius 3 is 3.11 bits per heavy atom. The second kappa shape index (κ2) is 7.72. The van der Waals surface area contributed by atoms with Crippen LogP contribution in [0.4, 0.5) is 5.82 Å². The molecule has 0 unspecified atom stereocenters. The molecule has 1 aromatic heterocycles. The summed E-state index contributed by atoms with van der Waals surface area (Å²) < 4.78 is 11.1. The van der Waals surface area contributed by atoms with Crippen LogP contribution in [-0.4, -0.2) is 37.5 Å². The number of nitrogens with one attached hydrogen (secondary N) is 1. The Hall–Kier alpha value is -1.64. The molecule has 0 atom stereocenters. The van der Waals surface area contributed by atoms with Crippen molar-refractivity contribution in [1.82, 2.24) is 4.98 Å². The third kappa shape index (κ3) is 4.51. The zero-order valence-corrected chi connectivity index (χ0v) is 11.0. The monoisotopic (exact) mass is 261 g/mol. The Balaban J connectivity index is 1.62. The first kappa shape index (κ1) is 13.8. The Bertz CT molecular complexity index is 425. The van der Waals surface area contributed by atoms with Gasteiger partial charge in [0.15, 0.2) is 0 Å². The standard InChI is InChI=1S/C14H19N3O2/c15-11-12-3-1-6-16-14(12)17-7-2-8-19-13-4-9-18-10-5-13/h1,3,6,13H,2,4-5,7-10H2,(H,16,17). The summed E-state index contributed by atoms with van der Waals surface area (Å²) in [5.74, 6) is 0.649. The third-order valence-electron chi connectivity index (χ3n) is 3.06. The average molecular weight is 261 g/mol. The fourth-order valence-corrected chi connectivity index (χ4v) is 2.01. The summed E-state index contributed by atoms with van der Waals surface area (Å²) in [6, 6.07) is 5.64. The van der Waals surface area contributed by atoms with Crippen molar-refractivity contribution >= 4 is 5.82 Å². The van der Waals surface area contributed by atoms with Gasteiger partial charge in [0.05, 0.1) is 11.7 Å². The smallest absolute Gasteiger partial charge is 0.143 e. The highest BCUT2D eigenvalue weighted by Crippen LogP contribution is 2.11. The second-order valence-electron chi connectivity index (χ2n) is 4.47. The van der Waals surface area contributed by atoms with Gasteiger partial charge in [0, 0.05) is 32.6 Å². The highest BCUT2D eigenvalue weighted by molar-refractivity contribution is 5.50. The number of ether oxygens (including phenoxy) is 2. The molecule has 0 bridgehead atoms. The number of nitrogens with zero attached hydrogens (tertiary/aromatic N) is 2. The van der Waals surface area contributed by atoms with E-state index in [2.05, 4.69) is 16.4 Å². The summed E-state index contributed by atoms with van der Waals surface area (Å²) >= 11 is 0. The molecule has 2 heterocycles. The molecule has 1 aliphatic rings. The molecular weight excluding hydrogens is 242 g/mol. The molecule has 1 aliphatic heterocycles. The number of nitriles is 1. The molecule has 5 heteroatoms. The van der Waals surface area contributed by atoms with E-state index in [1.165, 1.54) is 0 Å². The number of anilines is 1. The lowest BCUT2D eigenvalue weighted by Gasteiger charge is -2.22. The molecule has 1 N–H and O–H groups in total. The largest absolute Gasteiger partial charge is 0.381 e.